The normalized spacial score (nSPS) is 17.1. The van der Waals surface area contributed by atoms with Crippen molar-refractivity contribution >= 4 is 30.9 Å². The van der Waals surface area contributed by atoms with E-state index in [0.717, 1.165) is 6.42 Å². The van der Waals surface area contributed by atoms with Gasteiger partial charge >= 0.3 is 5.97 Å². The lowest BCUT2D eigenvalue weighted by molar-refractivity contribution is -0.137. The maximum atomic E-state index is 12.1. The molecule has 0 N–H and O–H groups in total. The van der Waals surface area contributed by atoms with Gasteiger partial charge in [0.05, 0.1) is 25.4 Å². The van der Waals surface area contributed by atoms with E-state index in [2.05, 4.69) is 109 Å². The van der Waals surface area contributed by atoms with E-state index in [-0.39, 0.29) is 39.2 Å². The van der Waals surface area contributed by atoms with Crippen molar-refractivity contribution in [1.29, 1.82) is 0 Å². The summed E-state index contributed by atoms with van der Waals surface area (Å²) in [4.78, 5) is 12.1. The van der Waals surface area contributed by atoms with Crippen molar-refractivity contribution in [2.24, 2.45) is 5.92 Å². The zero-order valence-corrected chi connectivity index (χ0v) is 30.5. The maximum Gasteiger partial charge on any atom is 0.330 e. The Labute approximate surface area is 233 Å². The van der Waals surface area contributed by atoms with Crippen molar-refractivity contribution in [2.75, 3.05) is 13.2 Å². The first-order valence-corrected chi connectivity index (χ1v) is 22.8. The van der Waals surface area contributed by atoms with Gasteiger partial charge in [-0.05, 0) is 67.2 Å². The molecule has 0 aromatic heterocycles. The van der Waals surface area contributed by atoms with E-state index in [4.69, 9.17) is 18.0 Å². The molecule has 0 aromatic rings. The Hall–Kier alpha value is -0.259. The zero-order valence-electron chi connectivity index (χ0n) is 27.5. The highest BCUT2D eigenvalue weighted by molar-refractivity contribution is 6.75. The van der Waals surface area contributed by atoms with E-state index in [1.54, 1.807) is 6.08 Å². The molecule has 0 aliphatic rings. The minimum Gasteiger partial charge on any atom is -0.463 e. The smallest absolute Gasteiger partial charge is 0.330 e. The minimum absolute atomic E-state index is 0.0249. The summed E-state index contributed by atoms with van der Waals surface area (Å²) in [5, 5.41) is 0.290. The van der Waals surface area contributed by atoms with E-state index in [1.165, 1.54) is 0 Å². The van der Waals surface area contributed by atoms with E-state index < -0.39 is 25.0 Å². The van der Waals surface area contributed by atoms with Crippen LogP contribution in [-0.4, -0.2) is 56.3 Å². The van der Waals surface area contributed by atoms with E-state index in [1.807, 2.05) is 13.0 Å². The van der Waals surface area contributed by atoms with Crippen LogP contribution < -0.4 is 0 Å². The molecule has 0 spiro atoms. The Balaban J connectivity index is 6.27. The number of hydrogen-bond acceptors (Lipinski definition) is 5. The number of carbonyl (C=O) groups is 1. The van der Waals surface area contributed by atoms with Crippen LogP contribution in [0.25, 0.3) is 0 Å². The van der Waals surface area contributed by atoms with Crippen molar-refractivity contribution in [3.63, 3.8) is 0 Å². The Morgan fingerprint density at radius 1 is 0.757 bits per heavy atom. The molecule has 5 nitrogen and oxygen atoms in total. The van der Waals surface area contributed by atoms with Crippen molar-refractivity contribution in [3.8, 4) is 0 Å². The second-order valence-electron chi connectivity index (χ2n) is 15.2. The lowest BCUT2D eigenvalue weighted by Crippen LogP contribution is -2.50. The Morgan fingerprint density at radius 3 is 1.59 bits per heavy atom. The average molecular weight is 575 g/mol. The van der Waals surface area contributed by atoms with Gasteiger partial charge in [-0.15, -0.1) is 0 Å². The third kappa shape index (κ3) is 11.8. The summed E-state index contributed by atoms with van der Waals surface area (Å²) in [5.41, 5.74) is 0. The van der Waals surface area contributed by atoms with Crippen molar-refractivity contribution in [1.82, 2.24) is 0 Å². The molecule has 0 amide bonds. The molecule has 0 aromatic carbocycles. The van der Waals surface area contributed by atoms with Gasteiger partial charge in [-0.2, -0.15) is 0 Å². The van der Waals surface area contributed by atoms with Gasteiger partial charge in [0.1, 0.15) is 0 Å². The van der Waals surface area contributed by atoms with Crippen LogP contribution in [0.2, 0.25) is 54.4 Å². The summed E-state index contributed by atoms with van der Waals surface area (Å²) in [6.45, 7) is 39.1. The molecule has 0 unspecified atom stereocenters. The highest BCUT2D eigenvalue weighted by Gasteiger charge is 2.44. The standard InChI is InChI=1S/C29H62O5Si3/c1-18-31-26(30)20-19-23(2)25(34-37(16,17)29(9,10)11)21-24(33-36(14,15)28(6,7)8)22-32-35(12,13)27(3,4)5/h19-20,23-25H,18,21-22H2,1-17H3/t23-,24+,25+/m1/s1. The van der Waals surface area contributed by atoms with Crippen LogP contribution in [0.4, 0.5) is 0 Å². The number of carbonyl (C=O) groups excluding carboxylic acids is 1. The van der Waals surface area contributed by atoms with Crippen LogP contribution in [0.15, 0.2) is 12.2 Å². The molecule has 0 rings (SSSR count). The molecule has 0 saturated carbocycles. The van der Waals surface area contributed by atoms with E-state index >= 15 is 0 Å². The molecule has 0 saturated heterocycles. The van der Waals surface area contributed by atoms with Gasteiger partial charge in [-0.1, -0.05) is 75.3 Å². The Bertz CT molecular complexity index is 740. The van der Waals surface area contributed by atoms with Crippen LogP contribution in [0, 0.1) is 5.92 Å². The molecule has 0 radical (unpaired) electrons. The highest BCUT2D eigenvalue weighted by atomic mass is 28.4. The predicted octanol–water partition coefficient (Wildman–Crippen LogP) is 8.93. The summed E-state index contributed by atoms with van der Waals surface area (Å²) in [7, 11) is -6.09. The second kappa shape index (κ2) is 13.4. The minimum atomic E-state index is -2.08. The fourth-order valence-corrected chi connectivity index (χ4v) is 6.80. The number of ether oxygens (including phenoxy) is 1. The lowest BCUT2D eigenvalue weighted by Gasteiger charge is -2.44. The van der Waals surface area contributed by atoms with Crippen molar-refractivity contribution in [2.45, 2.75) is 149 Å². The molecule has 220 valence electrons. The molecule has 37 heavy (non-hydrogen) atoms. The SMILES string of the molecule is CCOC(=O)C=C[C@@H](C)[C@H](C[C@@H](CO[Si](C)(C)C(C)(C)C)O[Si](C)(C)C(C)(C)C)O[Si](C)(C)C(C)(C)C. The summed E-state index contributed by atoms with van der Waals surface area (Å²) < 4.78 is 25.9. The lowest BCUT2D eigenvalue weighted by atomic mass is 9.99. The third-order valence-corrected chi connectivity index (χ3v) is 22.4. The second-order valence-corrected chi connectivity index (χ2v) is 29.5. The first-order valence-electron chi connectivity index (χ1n) is 14.1. The first-order chi connectivity index (χ1) is 16.3. The topological polar surface area (TPSA) is 54.0 Å². The summed E-state index contributed by atoms with van der Waals surface area (Å²) in [6, 6.07) is 0. The molecule has 0 heterocycles. The van der Waals surface area contributed by atoms with Gasteiger partial charge in [0, 0.05) is 12.5 Å². The van der Waals surface area contributed by atoms with Crippen molar-refractivity contribution in [3.05, 3.63) is 12.2 Å². The molecule has 0 aliphatic carbocycles. The summed E-state index contributed by atoms with van der Waals surface area (Å²) in [6.07, 6.45) is 4.04. The predicted molar refractivity (Wildman–Crippen MR) is 167 cm³/mol. The zero-order chi connectivity index (χ0) is 29.7. The molecule has 0 fully saturated rings. The number of rotatable bonds is 13. The van der Waals surface area contributed by atoms with Crippen LogP contribution in [0.1, 0.15) is 82.6 Å². The number of hydrogen-bond donors (Lipinski definition) is 0. The van der Waals surface area contributed by atoms with Crippen LogP contribution in [0.5, 0.6) is 0 Å². The molecule has 8 heteroatoms. The quantitative estimate of drug-likeness (QED) is 0.125. The first kappa shape index (κ1) is 36.7. The molecule has 0 aliphatic heterocycles. The molecule has 0 bridgehead atoms. The van der Waals surface area contributed by atoms with Gasteiger partial charge in [-0.25, -0.2) is 4.79 Å². The van der Waals surface area contributed by atoms with Crippen molar-refractivity contribution < 1.29 is 22.8 Å². The van der Waals surface area contributed by atoms with Gasteiger partial charge in [0.15, 0.2) is 25.0 Å². The summed E-state index contributed by atoms with van der Waals surface area (Å²) in [5.74, 6) is -0.285. The summed E-state index contributed by atoms with van der Waals surface area (Å²) >= 11 is 0. The van der Waals surface area contributed by atoms with Crippen LogP contribution >= 0.6 is 0 Å². The van der Waals surface area contributed by atoms with E-state index in [9.17, 15) is 4.79 Å². The average Bonchev–Trinajstić information content (AvgIpc) is 2.67. The largest absolute Gasteiger partial charge is 0.463 e. The van der Waals surface area contributed by atoms with Gasteiger partial charge in [-0.3, -0.25) is 0 Å². The Morgan fingerprint density at radius 2 is 1.19 bits per heavy atom. The van der Waals surface area contributed by atoms with Gasteiger partial charge < -0.3 is 18.0 Å². The third-order valence-electron chi connectivity index (χ3n) is 8.86. The molecule has 3 atom stereocenters. The van der Waals surface area contributed by atoms with E-state index in [0.29, 0.717) is 13.2 Å². The van der Waals surface area contributed by atoms with Crippen LogP contribution in [-0.2, 0) is 22.8 Å². The fourth-order valence-electron chi connectivity index (χ4n) is 2.99. The Kier molecular flexibility index (Phi) is 13.3. The fraction of sp³-hybridized carbons (Fsp3) is 0.897. The highest BCUT2D eigenvalue weighted by Crippen LogP contribution is 2.42. The molecular formula is C29H62O5Si3. The van der Waals surface area contributed by atoms with Gasteiger partial charge in [0.2, 0.25) is 0 Å². The monoisotopic (exact) mass is 574 g/mol. The molecular weight excluding hydrogens is 513 g/mol. The number of esters is 1. The van der Waals surface area contributed by atoms with Crippen LogP contribution in [0.3, 0.4) is 0 Å². The van der Waals surface area contributed by atoms with Gasteiger partial charge in [0.25, 0.3) is 0 Å². The maximum absolute atomic E-state index is 12.1.